The van der Waals surface area contributed by atoms with Crippen LogP contribution in [0.4, 0.5) is 5.82 Å². The van der Waals surface area contributed by atoms with Crippen LogP contribution in [0.2, 0.25) is 0 Å². The van der Waals surface area contributed by atoms with Gasteiger partial charge in [-0.15, -0.1) is 0 Å². The second kappa shape index (κ2) is 4.66. The molecule has 1 atom stereocenters. The fourth-order valence-electron chi connectivity index (χ4n) is 1.64. The molecular weight excluding hydrogens is 238 g/mol. The minimum absolute atomic E-state index is 0.378. The molecular formula is C11H9N3O4. The number of aromatic nitrogens is 2. The first-order valence-electron chi connectivity index (χ1n) is 5.05. The Balaban J connectivity index is 2.42. The minimum atomic E-state index is -1.10. The van der Waals surface area contributed by atoms with Crippen LogP contribution in [0.25, 0.3) is 0 Å². The highest BCUT2D eigenvalue weighted by Crippen LogP contribution is 2.20. The third-order valence-electron chi connectivity index (χ3n) is 2.42. The summed E-state index contributed by atoms with van der Waals surface area (Å²) in [5.74, 6) is -1.48. The molecule has 1 aromatic carbocycles. The van der Waals surface area contributed by atoms with Crippen molar-refractivity contribution in [1.29, 1.82) is 0 Å². The quantitative estimate of drug-likeness (QED) is 0.651. The Kier molecular flexibility index (Phi) is 3.05. The zero-order valence-electron chi connectivity index (χ0n) is 9.13. The predicted molar refractivity (Wildman–Crippen MR) is 61.1 cm³/mol. The molecule has 0 aliphatic rings. The predicted octanol–water partition coefficient (Wildman–Crippen LogP) is 1.47. The number of carbonyl (C=O) groups is 1. The second-order valence-corrected chi connectivity index (χ2v) is 3.59. The summed E-state index contributed by atoms with van der Waals surface area (Å²) in [6, 6.07) is 7.44. The molecule has 0 fully saturated rings. The molecule has 0 saturated heterocycles. The van der Waals surface area contributed by atoms with Crippen LogP contribution in [0.5, 0.6) is 0 Å². The van der Waals surface area contributed by atoms with Crippen molar-refractivity contribution in [2.45, 2.75) is 6.04 Å². The van der Waals surface area contributed by atoms with Crippen molar-refractivity contribution in [2.75, 3.05) is 0 Å². The molecule has 0 amide bonds. The maximum atomic E-state index is 11.3. The number of aliphatic carboxylic acids is 1. The topological polar surface area (TPSA) is 98.3 Å². The standard InChI is InChI=1S/C11H9N3O4/c15-11(16)10(8-4-2-1-3-5-8)13-6-9(12-7-13)14(17)18/h1-7,10H,(H,15,16)/t10-/m1/s1. The molecule has 0 bridgehead atoms. The fourth-order valence-corrected chi connectivity index (χ4v) is 1.64. The van der Waals surface area contributed by atoms with Gasteiger partial charge < -0.3 is 15.2 Å². The number of carboxylic acids is 1. The van der Waals surface area contributed by atoms with Gasteiger partial charge in [-0.3, -0.25) is 4.57 Å². The molecule has 7 nitrogen and oxygen atoms in total. The number of imidazole rings is 1. The lowest BCUT2D eigenvalue weighted by Crippen LogP contribution is -2.18. The Hall–Kier alpha value is -2.70. The number of hydrogen-bond acceptors (Lipinski definition) is 4. The third-order valence-corrected chi connectivity index (χ3v) is 2.42. The van der Waals surface area contributed by atoms with Gasteiger partial charge in [0.25, 0.3) is 0 Å². The molecule has 1 heterocycles. The molecule has 1 aromatic heterocycles. The van der Waals surface area contributed by atoms with E-state index < -0.39 is 16.9 Å². The third kappa shape index (κ3) is 2.19. The summed E-state index contributed by atoms with van der Waals surface area (Å²) in [4.78, 5) is 24.7. The monoisotopic (exact) mass is 247 g/mol. The Morgan fingerprint density at radius 1 is 1.39 bits per heavy atom. The Labute approximate surface area is 101 Å². The lowest BCUT2D eigenvalue weighted by molar-refractivity contribution is -0.389. The van der Waals surface area contributed by atoms with E-state index in [1.165, 1.54) is 4.57 Å². The van der Waals surface area contributed by atoms with Crippen molar-refractivity contribution in [2.24, 2.45) is 0 Å². The first-order valence-corrected chi connectivity index (χ1v) is 5.05. The Morgan fingerprint density at radius 2 is 2.06 bits per heavy atom. The number of nitro groups is 1. The number of carboxylic acid groups (broad SMARTS) is 1. The maximum Gasteiger partial charge on any atom is 0.381 e. The van der Waals surface area contributed by atoms with Crippen molar-refractivity contribution in [3.63, 3.8) is 0 Å². The van der Waals surface area contributed by atoms with E-state index in [4.69, 9.17) is 0 Å². The molecule has 92 valence electrons. The maximum absolute atomic E-state index is 11.3. The van der Waals surface area contributed by atoms with Crippen molar-refractivity contribution >= 4 is 11.8 Å². The van der Waals surface area contributed by atoms with Gasteiger partial charge in [0.2, 0.25) is 6.33 Å². The van der Waals surface area contributed by atoms with Crippen LogP contribution < -0.4 is 0 Å². The van der Waals surface area contributed by atoms with Crippen LogP contribution in [-0.4, -0.2) is 25.6 Å². The Bertz CT molecular complexity index is 579. The van der Waals surface area contributed by atoms with E-state index >= 15 is 0 Å². The van der Waals surface area contributed by atoms with Crippen LogP contribution >= 0.6 is 0 Å². The van der Waals surface area contributed by atoms with Crippen molar-refractivity contribution in [3.05, 3.63) is 58.5 Å². The molecule has 0 radical (unpaired) electrons. The molecule has 0 aliphatic carbocycles. The van der Waals surface area contributed by atoms with Gasteiger partial charge in [0, 0.05) is 0 Å². The van der Waals surface area contributed by atoms with Gasteiger partial charge in [0.1, 0.15) is 6.20 Å². The molecule has 0 spiro atoms. The van der Waals surface area contributed by atoms with Gasteiger partial charge in [-0.05, 0) is 15.5 Å². The zero-order chi connectivity index (χ0) is 13.1. The van der Waals surface area contributed by atoms with Gasteiger partial charge in [-0.25, -0.2) is 4.79 Å². The Morgan fingerprint density at radius 3 is 2.56 bits per heavy atom. The van der Waals surface area contributed by atoms with Crippen LogP contribution in [0.15, 0.2) is 42.9 Å². The molecule has 1 N–H and O–H groups in total. The number of benzene rings is 1. The largest absolute Gasteiger partial charge is 0.479 e. The average molecular weight is 247 g/mol. The molecule has 18 heavy (non-hydrogen) atoms. The summed E-state index contributed by atoms with van der Waals surface area (Å²) in [6.45, 7) is 0. The van der Waals surface area contributed by atoms with E-state index in [-0.39, 0.29) is 5.82 Å². The van der Waals surface area contributed by atoms with Crippen molar-refractivity contribution in [1.82, 2.24) is 9.55 Å². The number of hydrogen-bond donors (Lipinski definition) is 1. The van der Waals surface area contributed by atoms with E-state index in [9.17, 15) is 20.0 Å². The van der Waals surface area contributed by atoms with Crippen LogP contribution in [0.3, 0.4) is 0 Å². The molecule has 0 saturated carbocycles. The summed E-state index contributed by atoms with van der Waals surface area (Å²) in [5, 5.41) is 19.7. The zero-order valence-corrected chi connectivity index (χ0v) is 9.13. The molecule has 7 heteroatoms. The normalized spacial score (nSPS) is 12.0. The number of rotatable bonds is 4. The highest BCUT2D eigenvalue weighted by atomic mass is 16.6. The average Bonchev–Trinajstić information content (AvgIpc) is 2.79. The summed E-state index contributed by atoms with van der Waals surface area (Å²) < 4.78 is 1.20. The summed E-state index contributed by atoms with van der Waals surface area (Å²) in [6.07, 6.45) is 2.25. The minimum Gasteiger partial charge on any atom is -0.479 e. The van der Waals surface area contributed by atoms with Gasteiger partial charge >= 0.3 is 11.8 Å². The fraction of sp³-hybridized carbons (Fsp3) is 0.0909. The van der Waals surface area contributed by atoms with E-state index in [1.807, 2.05) is 0 Å². The lowest BCUT2D eigenvalue weighted by atomic mass is 10.1. The summed E-state index contributed by atoms with van der Waals surface area (Å²) >= 11 is 0. The van der Waals surface area contributed by atoms with Gasteiger partial charge in [-0.1, -0.05) is 30.3 Å². The SMILES string of the molecule is O=C(O)[C@@H](c1ccccc1)n1cnc([N+](=O)[O-])c1. The second-order valence-electron chi connectivity index (χ2n) is 3.59. The molecule has 0 unspecified atom stereocenters. The van der Waals surface area contributed by atoms with Crippen LogP contribution in [0, 0.1) is 10.1 Å². The van der Waals surface area contributed by atoms with Gasteiger partial charge in [0.15, 0.2) is 6.04 Å². The summed E-state index contributed by atoms with van der Waals surface area (Å²) in [5.41, 5.74) is 0.525. The smallest absolute Gasteiger partial charge is 0.381 e. The highest BCUT2D eigenvalue weighted by Gasteiger charge is 2.24. The highest BCUT2D eigenvalue weighted by molar-refractivity contribution is 5.76. The van der Waals surface area contributed by atoms with Crippen molar-refractivity contribution in [3.8, 4) is 0 Å². The van der Waals surface area contributed by atoms with E-state index in [0.29, 0.717) is 5.56 Å². The first kappa shape index (κ1) is 11.8. The van der Waals surface area contributed by atoms with Crippen LogP contribution in [0.1, 0.15) is 11.6 Å². The molecule has 2 aromatic rings. The first-order chi connectivity index (χ1) is 8.59. The molecule has 2 rings (SSSR count). The molecule has 0 aliphatic heterocycles. The van der Waals surface area contributed by atoms with E-state index in [2.05, 4.69) is 4.98 Å². The van der Waals surface area contributed by atoms with Crippen LogP contribution in [-0.2, 0) is 4.79 Å². The number of nitrogens with zero attached hydrogens (tertiary/aromatic N) is 3. The van der Waals surface area contributed by atoms with E-state index in [0.717, 1.165) is 12.5 Å². The van der Waals surface area contributed by atoms with E-state index in [1.54, 1.807) is 30.3 Å². The lowest BCUT2D eigenvalue weighted by Gasteiger charge is -2.12. The van der Waals surface area contributed by atoms with Gasteiger partial charge in [0.05, 0.1) is 0 Å². The summed E-state index contributed by atoms with van der Waals surface area (Å²) in [7, 11) is 0. The van der Waals surface area contributed by atoms with Gasteiger partial charge in [-0.2, -0.15) is 0 Å². The van der Waals surface area contributed by atoms with Crippen molar-refractivity contribution < 1.29 is 14.8 Å².